The van der Waals surface area contributed by atoms with Crippen LogP contribution in [0.25, 0.3) is 11.1 Å². The molecule has 0 saturated heterocycles. The second-order valence-electron chi connectivity index (χ2n) is 18.4. The van der Waals surface area contributed by atoms with Crippen molar-refractivity contribution in [1.82, 2.24) is 10.2 Å². The summed E-state index contributed by atoms with van der Waals surface area (Å²) in [6.45, 7) is 7.41. The summed E-state index contributed by atoms with van der Waals surface area (Å²) >= 11 is 1.69. The smallest absolute Gasteiger partial charge is 0.317 e. The van der Waals surface area contributed by atoms with E-state index >= 15 is 4.79 Å². The van der Waals surface area contributed by atoms with Crippen LogP contribution in [0.15, 0.2) is 126 Å². The van der Waals surface area contributed by atoms with E-state index in [4.69, 9.17) is 0 Å². The first-order valence-electron chi connectivity index (χ1n) is 21.1. The van der Waals surface area contributed by atoms with Crippen LogP contribution in [0.3, 0.4) is 0 Å². The number of urea groups is 1. The number of aliphatic hydroxyl groups excluding tert-OH is 1. The third kappa shape index (κ3) is 5.93. The van der Waals surface area contributed by atoms with Gasteiger partial charge in [-0.05, 0) is 104 Å². The van der Waals surface area contributed by atoms with Gasteiger partial charge in [-0.3, -0.25) is 4.79 Å². The summed E-state index contributed by atoms with van der Waals surface area (Å²) in [6.07, 6.45) is 12.6. The first-order valence-corrected chi connectivity index (χ1v) is 22.0. The predicted octanol–water partition coefficient (Wildman–Crippen LogP) is 10.2. The topological polar surface area (TPSA) is 89.9 Å². The molecule has 10 rings (SSSR count). The van der Waals surface area contributed by atoms with Crippen LogP contribution in [-0.2, 0) is 6.42 Å². The molecule has 1 heterocycles. The van der Waals surface area contributed by atoms with Crippen molar-refractivity contribution in [3.8, 4) is 11.1 Å². The Kier molecular flexibility index (Phi) is 9.53. The molecule has 3 saturated carbocycles. The molecule has 0 radical (unpaired) electrons. The zero-order valence-corrected chi connectivity index (χ0v) is 34.3. The Labute approximate surface area is 341 Å². The number of ketones is 1. The van der Waals surface area contributed by atoms with E-state index in [1.165, 1.54) is 4.88 Å². The second-order valence-corrected chi connectivity index (χ2v) is 19.4. The van der Waals surface area contributed by atoms with Crippen molar-refractivity contribution in [3.05, 3.63) is 142 Å². The highest BCUT2D eigenvalue weighted by Gasteiger charge is 2.74. The van der Waals surface area contributed by atoms with Gasteiger partial charge in [-0.25, -0.2) is 4.79 Å². The lowest BCUT2D eigenvalue weighted by molar-refractivity contribution is -0.174. The summed E-state index contributed by atoms with van der Waals surface area (Å²) in [7, 11) is 0. The number of carbonyl (C=O) groups is 2. The van der Waals surface area contributed by atoms with Gasteiger partial charge in [0.2, 0.25) is 0 Å². The molecule has 1 aromatic heterocycles. The van der Waals surface area contributed by atoms with E-state index in [-0.39, 0.29) is 41.7 Å². The summed E-state index contributed by atoms with van der Waals surface area (Å²) in [5, 5.41) is 29.8. The van der Waals surface area contributed by atoms with Gasteiger partial charge in [-0.15, -0.1) is 11.3 Å². The number of rotatable bonds is 10. The molecule has 9 atom stereocenters. The third-order valence-corrected chi connectivity index (χ3v) is 16.7. The summed E-state index contributed by atoms with van der Waals surface area (Å²) in [5.74, 6) is 0.217. The average Bonchev–Trinajstić information content (AvgIpc) is 3.85. The third-order valence-electron chi connectivity index (χ3n) is 15.8. The van der Waals surface area contributed by atoms with E-state index in [1.54, 1.807) is 11.3 Å². The zero-order valence-electron chi connectivity index (χ0n) is 33.5. The summed E-state index contributed by atoms with van der Waals surface area (Å²) in [5.41, 5.74) is 1.62. The maximum Gasteiger partial charge on any atom is 0.317 e. The second kappa shape index (κ2) is 14.2. The highest BCUT2D eigenvalue weighted by atomic mass is 32.1. The number of Topliss-reactive ketones (excluding diaryl/α,β-unsaturated/α-hetero) is 1. The number of hydrogen-bond acceptors (Lipinski definition) is 5. The molecule has 6 aliphatic rings. The van der Waals surface area contributed by atoms with Crippen LogP contribution < -0.4 is 5.32 Å². The molecule has 6 nitrogen and oxygen atoms in total. The monoisotopic (exact) mass is 780 g/mol. The van der Waals surface area contributed by atoms with Crippen LogP contribution in [0.4, 0.5) is 4.79 Å². The van der Waals surface area contributed by atoms with E-state index in [2.05, 4.69) is 67.0 Å². The first kappa shape index (κ1) is 38.2. The molecule has 2 amide bonds. The highest BCUT2D eigenvalue weighted by Crippen LogP contribution is 2.78. The van der Waals surface area contributed by atoms with Gasteiger partial charge in [0.15, 0.2) is 5.78 Å². The Morgan fingerprint density at radius 3 is 2.28 bits per heavy atom. The lowest BCUT2D eigenvalue weighted by Crippen LogP contribution is -2.67. The maximum absolute atomic E-state index is 15.5. The predicted molar refractivity (Wildman–Crippen MR) is 228 cm³/mol. The van der Waals surface area contributed by atoms with Crippen molar-refractivity contribution in [2.24, 2.45) is 33.5 Å². The molecular weight excluding hydrogens is 725 g/mol. The van der Waals surface area contributed by atoms with Crippen LogP contribution in [0, 0.1) is 33.5 Å². The van der Waals surface area contributed by atoms with Gasteiger partial charge < -0.3 is 20.4 Å². The fourth-order valence-corrected chi connectivity index (χ4v) is 13.4. The SMILES string of the molecule is CC(NC(=O)N(CCc1cccs1)CC1(O)CCC2C34C=CC5(C=C3C(=O)c3ccccc3-c3ccccc3)CC(O)CCC5(C)C4CCC21C)c1ccccc1. The molecule has 0 aliphatic heterocycles. The molecule has 296 valence electrons. The van der Waals surface area contributed by atoms with Crippen LogP contribution in [0.2, 0.25) is 0 Å². The number of aliphatic hydroxyl groups is 2. The van der Waals surface area contributed by atoms with E-state index in [0.717, 1.165) is 54.4 Å². The van der Waals surface area contributed by atoms with E-state index in [1.807, 2.05) is 84.6 Å². The Hall–Kier alpha value is -4.30. The van der Waals surface area contributed by atoms with Crippen molar-refractivity contribution in [2.45, 2.75) is 89.9 Å². The van der Waals surface area contributed by atoms with Gasteiger partial charge in [-0.1, -0.05) is 123 Å². The first-order chi connectivity index (χ1) is 27.4. The highest BCUT2D eigenvalue weighted by molar-refractivity contribution is 7.09. The Morgan fingerprint density at radius 1 is 0.842 bits per heavy atom. The number of nitrogens with zero attached hydrogens (tertiary/aromatic N) is 1. The van der Waals surface area contributed by atoms with Crippen molar-refractivity contribution in [1.29, 1.82) is 0 Å². The fourth-order valence-electron chi connectivity index (χ4n) is 12.7. The molecule has 7 heteroatoms. The van der Waals surface area contributed by atoms with E-state index < -0.39 is 27.9 Å². The van der Waals surface area contributed by atoms with Crippen molar-refractivity contribution < 1.29 is 19.8 Å². The number of allylic oxidation sites excluding steroid dienone is 4. The van der Waals surface area contributed by atoms with Crippen LogP contribution in [0.5, 0.6) is 0 Å². The van der Waals surface area contributed by atoms with Gasteiger partial charge >= 0.3 is 6.03 Å². The minimum Gasteiger partial charge on any atom is -0.393 e. The summed E-state index contributed by atoms with van der Waals surface area (Å²) in [6, 6.07) is 32.0. The fraction of sp³-hybridized carbons (Fsp3) is 0.440. The zero-order chi connectivity index (χ0) is 39.6. The summed E-state index contributed by atoms with van der Waals surface area (Å²) < 4.78 is 0. The minimum absolute atomic E-state index is 0.0171. The molecule has 57 heavy (non-hydrogen) atoms. The van der Waals surface area contributed by atoms with Crippen LogP contribution in [0.1, 0.15) is 92.6 Å². The number of thiophene rings is 1. The molecule has 2 spiro atoms. The van der Waals surface area contributed by atoms with E-state index in [9.17, 15) is 15.0 Å². The maximum atomic E-state index is 15.5. The quantitative estimate of drug-likeness (QED) is 0.110. The largest absolute Gasteiger partial charge is 0.393 e. The number of carbonyl (C=O) groups excluding carboxylic acids is 2. The molecule has 3 aromatic carbocycles. The van der Waals surface area contributed by atoms with Crippen molar-refractivity contribution >= 4 is 23.2 Å². The van der Waals surface area contributed by atoms with Gasteiger partial charge in [-0.2, -0.15) is 0 Å². The van der Waals surface area contributed by atoms with Crippen LogP contribution >= 0.6 is 11.3 Å². The Bertz CT molecular complexity index is 2200. The lowest BCUT2D eigenvalue weighted by atomic mass is 9.32. The molecule has 9 unspecified atom stereocenters. The van der Waals surface area contributed by atoms with Crippen molar-refractivity contribution in [3.63, 3.8) is 0 Å². The lowest BCUT2D eigenvalue weighted by Gasteiger charge is -2.71. The number of nitrogens with one attached hydrogen (secondary N) is 1. The van der Waals surface area contributed by atoms with Gasteiger partial charge in [0.25, 0.3) is 0 Å². The normalized spacial score (nSPS) is 34.1. The van der Waals surface area contributed by atoms with Gasteiger partial charge in [0.1, 0.15) is 0 Å². The molecule has 3 N–H and O–H groups in total. The Balaban J connectivity index is 1.10. The number of amides is 2. The van der Waals surface area contributed by atoms with Crippen molar-refractivity contribution in [2.75, 3.05) is 13.1 Å². The van der Waals surface area contributed by atoms with Gasteiger partial charge in [0.05, 0.1) is 24.3 Å². The standard InChI is InChI=1S/C50H56N2O4S/c1-34(35-13-6-4-7-14-35)51-45(55)52(29-23-38-17-12-30-57-38)33-49(56)26-22-43-47(49,3)25-21-42-46(2)24-20-37(53)31-48(46)27-28-50(42,43)41(32-48)44(54)40-19-11-10-18-39(40)36-15-8-5-9-16-36/h4-19,27-28,30,32,34,37,42-43,53,56H,20-26,29,31,33H2,1-3H3,(H,51,55). The molecular formula is C50H56N2O4S. The Morgan fingerprint density at radius 2 is 1.53 bits per heavy atom. The summed E-state index contributed by atoms with van der Waals surface area (Å²) in [4.78, 5) is 32.9. The molecule has 2 bridgehead atoms. The minimum atomic E-state index is -1.17. The van der Waals surface area contributed by atoms with Gasteiger partial charge in [0, 0.05) is 38.8 Å². The molecule has 4 aromatic rings. The molecule has 3 fully saturated rings. The number of fused-ring (bicyclic) bond motifs is 1. The number of benzene rings is 3. The van der Waals surface area contributed by atoms with E-state index in [0.29, 0.717) is 31.4 Å². The van der Waals surface area contributed by atoms with Crippen LogP contribution in [-0.4, -0.2) is 51.7 Å². The molecule has 6 aliphatic carbocycles. The average molecular weight is 781 g/mol. The number of hydrogen-bond donors (Lipinski definition) is 3.